The number of rotatable bonds is 3. The molecule has 72 valence electrons. The van der Waals surface area contributed by atoms with Gasteiger partial charge in [0, 0.05) is 11.8 Å². The Morgan fingerprint density at radius 1 is 1.31 bits per heavy atom. The Labute approximate surface area is 78.7 Å². The van der Waals surface area contributed by atoms with Crippen molar-refractivity contribution in [2.45, 2.75) is 13.8 Å². The molecule has 0 aromatic heterocycles. The fourth-order valence-electron chi connectivity index (χ4n) is 0.932. The summed E-state index contributed by atoms with van der Waals surface area (Å²) in [6.07, 6.45) is 0. The van der Waals surface area contributed by atoms with E-state index in [1.807, 2.05) is 0 Å². The molecule has 0 atom stereocenters. The second kappa shape index (κ2) is 4.03. The molecule has 13 heavy (non-hydrogen) atoms. The molecule has 4 N–H and O–H groups in total. The zero-order valence-electron chi connectivity index (χ0n) is 8.08. The fraction of sp³-hybridized carbons (Fsp3) is 0.400. The van der Waals surface area contributed by atoms with Crippen molar-refractivity contribution in [3.63, 3.8) is 0 Å². The lowest BCUT2D eigenvalue weighted by Crippen LogP contribution is -2.06. The van der Waals surface area contributed by atoms with Gasteiger partial charge >= 0.3 is 0 Å². The van der Waals surface area contributed by atoms with Crippen LogP contribution in [0.3, 0.4) is 0 Å². The predicted molar refractivity (Wildman–Crippen MR) is 55.6 cm³/mol. The van der Waals surface area contributed by atoms with E-state index in [1.54, 1.807) is 18.2 Å². The molecule has 0 saturated carbocycles. The van der Waals surface area contributed by atoms with Gasteiger partial charge in [-0.3, -0.25) is 0 Å². The molecule has 0 heterocycles. The molecular weight excluding hydrogens is 164 g/mol. The van der Waals surface area contributed by atoms with Crippen molar-refractivity contribution >= 4 is 11.4 Å². The third kappa shape index (κ3) is 2.86. The van der Waals surface area contributed by atoms with Gasteiger partial charge in [0.15, 0.2) is 0 Å². The molecule has 0 unspecified atom stereocenters. The molecule has 1 aromatic rings. The van der Waals surface area contributed by atoms with Crippen LogP contribution in [-0.4, -0.2) is 6.61 Å². The number of hydrogen-bond acceptors (Lipinski definition) is 3. The molecule has 3 nitrogen and oxygen atoms in total. The minimum atomic E-state index is 0.487. The van der Waals surface area contributed by atoms with Gasteiger partial charge in [-0.05, 0) is 18.1 Å². The summed E-state index contributed by atoms with van der Waals surface area (Å²) in [5.41, 5.74) is 12.6. The van der Waals surface area contributed by atoms with E-state index in [9.17, 15) is 0 Å². The van der Waals surface area contributed by atoms with Crippen LogP contribution < -0.4 is 16.2 Å². The van der Waals surface area contributed by atoms with Crippen LogP contribution in [0.2, 0.25) is 0 Å². The summed E-state index contributed by atoms with van der Waals surface area (Å²) in [6.45, 7) is 4.83. The quantitative estimate of drug-likeness (QED) is 0.698. The largest absolute Gasteiger partial charge is 0.491 e. The van der Waals surface area contributed by atoms with Crippen LogP contribution >= 0.6 is 0 Å². The number of nitrogen functional groups attached to an aromatic ring is 2. The van der Waals surface area contributed by atoms with Crippen molar-refractivity contribution in [2.75, 3.05) is 18.1 Å². The van der Waals surface area contributed by atoms with E-state index >= 15 is 0 Å². The molecule has 0 bridgehead atoms. The van der Waals surface area contributed by atoms with Gasteiger partial charge in [-0.1, -0.05) is 13.8 Å². The number of ether oxygens (including phenoxy) is 1. The Kier molecular flexibility index (Phi) is 3.01. The molecule has 0 aliphatic rings. The second-order valence-corrected chi connectivity index (χ2v) is 3.50. The molecule has 0 fully saturated rings. The average Bonchev–Trinajstić information content (AvgIpc) is 2.06. The smallest absolute Gasteiger partial charge is 0.144 e. The molecule has 3 heteroatoms. The molecule has 1 rings (SSSR count). The van der Waals surface area contributed by atoms with Gasteiger partial charge in [0.2, 0.25) is 0 Å². The van der Waals surface area contributed by atoms with Crippen LogP contribution in [0.15, 0.2) is 18.2 Å². The maximum Gasteiger partial charge on any atom is 0.144 e. The first-order chi connectivity index (χ1) is 6.09. The van der Waals surface area contributed by atoms with Gasteiger partial charge in [0.25, 0.3) is 0 Å². The van der Waals surface area contributed by atoms with Crippen LogP contribution in [0, 0.1) is 5.92 Å². The maximum atomic E-state index is 5.70. The van der Waals surface area contributed by atoms with E-state index in [1.165, 1.54) is 0 Å². The highest BCUT2D eigenvalue weighted by molar-refractivity contribution is 5.59. The Morgan fingerprint density at radius 3 is 2.62 bits per heavy atom. The van der Waals surface area contributed by atoms with Crippen molar-refractivity contribution in [3.8, 4) is 5.75 Å². The highest BCUT2D eigenvalue weighted by Crippen LogP contribution is 2.24. The average molecular weight is 180 g/mol. The summed E-state index contributed by atoms with van der Waals surface area (Å²) < 4.78 is 5.47. The predicted octanol–water partition coefficient (Wildman–Crippen LogP) is 1.89. The number of hydrogen-bond donors (Lipinski definition) is 2. The molecule has 0 radical (unpaired) electrons. The summed E-state index contributed by atoms with van der Waals surface area (Å²) in [5, 5.41) is 0. The van der Waals surface area contributed by atoms with Gasteiger partial charge in [-0.15, -0.1) is 0 Å². The third-order valence-electron chi connectivity index (χ3n) is 1.61. The maximum absolute atomic E-state index is 5.70. The standard InChI is InChI=1S/C10H16N2O/c1-7(2)6-13-10-5-8(11)3-4-9(10)12/h3-5,7H,6,11-12H2,1-2H3. The van der Waals surface area contributed by atoms with E-state index in [0.717, 1.165) is 0 Å². The molecule has 0 aliphatic heterocycles. The van der Waals surface area contributed by atoms with E-state index in [-0.39, 0.29) is 0 Å². The Bertz CT molecular complexity index is 284. The zero-order chi connectivity index (χ0) is 9.84. The molecule has 0 saturated heterocycles. The fourth-order valence-corrected chi connectivity index (χ4v) is 0.932. The van der Waals surface area contributed by atoms with E-state index in [0.29, 0.717) is 29.6 Å². The lowest BCUT2D eigenvalue weighted by molar-refractivity contribution is 0.272. The minimum Gasteiger partial charge on any atom is -0.491 e. The third-order valence-corrected chi connectivity index (χ3v) is 1.61. The first kappa shape index (κ1) is 9.71. The van der Waals surface area contributed by atoms with Crippen molar-refractivity contribution < 1.29 is 4.74 Å². The lowest BCUT2D eigenvalue weighted by atomic mass is 10.2. The van der Waals surface area contributed by atoms with Gasteiger partial charge < -0.3 is 16.2 Å². The summed E-state index contributed by atoms with van der Waals surface area (Å²) >= 11 is 0. The number of nitrogens with two attached hydrogens (primary N) is 2. The molecule has 0 amide bonds. The summed E-state index contributed by atoms with van der Waals surface area (Å²) in [7, 11) is 0. The summed E-state index contributed by atoms with van der Waals surface area (Å²) in [5.74, 6) is 1.16. The van der Waals surface area contributed by atoms with Crippen LogP contribution in [0.25, 0.3) is 0 Å². The van der Waals surface area contributed by atoms with Gasteiger partial charge in [0.05, 0.1) is 12.3 Å². The first-order valence-electron chi connectivity index (χ1n) is 4.37. The molecule has 0 aliphatic carbocycles. The number of benzene rings is 1. The van der Waals surface area contributed by atoms with E-state index in [2.05, 4.69) is 13.8 Å². The van der Waals surface area contributed by atoms with Crippen molar-refractivity contribution in [3.05, 3.63) is 18.2 Å². The van der Waals surface area contributed by atoms with E-state index < -0.39 is 0 Å². The van der Waals surface area contributed by atoms with Crippen LogP contribution in [0.1, 0.15) is 13.8 Å². The Hall–Kier alpha value is -1.38. The van der Waals surface area contributed by atoms with Gasteiger partial charge in [-0.25, -0.2) is 0 Å². The van der Waals surface area contributed by atoms with Crippen LogP contribution in [0.5, 0.6) is 5.75 Å². The zero-order valence-corrected chi connectivity index (χ0v) is 8.08. The normalized spacial score (nSPS) is 10.4. The Balaban J connectivity index is 2.70. The van der Waals surface area contributed by atoms with Crippen molar-refractivity contribution in [1.29, 1.82) is 0 Å². The lowest BCUT2D eigenvalue weighted by Gasteiger charge is -2.11. The van der Waals surface area contributed by atoms with E-state index in [4.69, 9.17) is 16.2 Å². The second-order valence-electron chi connectivity index (χ2n) is 3.50. The van der Waals surface area contributed by atoms with Crippen LogP contribution in [-0.2, 0) is 0 Å². The highest BCUT2D eigenvalue weighted by atomic mass is 16.5. The summed E-state index contributed by atoms with van der Waals surface area (Å²) in [6, 6.07) is 5.26. The number of anilines is 2. The molecule has 1 aromatic carbocycles. The van der Waals surface area contributed by atoms with Crippen molar-refractivity contribution in [1.82, 2.24) is 0 Å². The topological polar surface area (TPSA) is 61.3 Å². The van der Waals surface area contributed by atoms with Gasteiger partial charge in [-0.2, -0.15) is 0 Å². The molecule has 0 spiro atoms. The monoisotopic (exact) mass is 180 g/mol. The van der Waals surface area contributed by atoms with Crippen molar-refractivity contribution in [2.24, 2.45) is 5.92 Å². The SMILES string of the molecule is CC(C)COc1cc(N)ccc1N. The molecular formula is C10H16N2O. The Morgan fingerprint density at radius 2 is 2.00 bits per heavy atom. The first-order valence-corrected chi connectivity index (χ1v) is 4.37. The minimum absolute atomic E-state index is 0.487. The summed E-state index contributed by atoms with van der Waals surface area (Å²) in [4.78, 5) is 0. The van der Waals surface area contributed by atoms with Gasteiger partial charge in [0.1, 0.15) is 5.75 Å². The highest BCUT2D eigenvalue weighted by Gasteiger charge is 2.01. The van der Waals surface area contributed by atoms with Crippen LogP contribution in [0.4, 0.5) is 11.4 Å².